The Hall–Kier alpha value is 0.0800. The van der Waals surface area contributed by atoms with Crippen LogP contribution < -0.4 is 0 Å². The first-order valence-corrected chi connectivity index (χ1v) is 4.15. The Balaban J connectivity index is 4.01. The molecule has 0 heterocycles. The van der Waals surface area contributed by atoms with Crippen molar-refractivity contribution in [2.24, 2.45) is 0 Å². The van der Waals surface area contributed by atoms with Crippen LogP contribution in [-0.2, 0) is 9.53 Å². The zero-order valence-corrected chi connectivity index (χ0v) is 8.08. The molecule has 0 radical (unpaired) electrons. The number of allylic oxidation sites excluding steroid dienone is 1. The fourth-order valence-electron chi connectivity index (χ4n) is 0.379. The van der Waals surface area contributed by atoms with E-state index in [4.69, 9.17) is 34.8 Å². The third-order valence-corrected chi connectivity index (χ3v) is 1.28. The van der Waals surface area contributed by atoms with Crippen molar-refractivity contribution in [2.45, 2.75) is 11.8 Å². The minimum absolute atomic E-state index is 0.0955. The molecule has 0 aromatic carbocycles. The molecule has 11 heavy (non-hydrogen) atoms. The van der Waals surface area contributed by atoms with E-state index in [1.165, 1.54) is 6.08 Å². The monoisotopic (exact) mass is 216 g/mol. The number of halogens is 3. The summed E-state index contributed by atoms with van der Waals surface area (Å²) in [4.78, 5) is 9.95. The minimum Gasteiger partial charge on any atom is -0.462 e. The molecule has 2 nitrogen and oxygen atoms in total. The van der Waals surface area contributed by atoms with Gasteiger partial charge in [0.25, 0.3) is 0 Å². The maximum atomic E-state index is 10.7. The maximum Gasteiger partial charge on any atom is 0.349 e. The molecular weight excluding hydrogens is 210 g/mol. The molecule has 0 spiro atoms. The highest BCUT2D eigenvalue weighted by Gasteiger charge is 2.08. The van der Waals surface area contributed by atoms with Crippen LogP contribution in [0, 0.1) is 0 Å². The molecular formula is C6H7Cl3O2. The third-order valence-electron chi connectivity index (χ3n) is 0.743. The van der Waals surface area contributed by atoms with E-state index in [1.54, 1.807) is 6.92 Å². The first-order chi connectivity index (χ1) is 5.07. The van der Waals surface area contributed by atoms with Crippen LogP contribution in [-0.4, -0.2) is 17.4 Å². The van der Waals surface area contributed by atoms with Crippen LogP contribution in [0.2, 0.25) is 0 Å². The Bertz CT molecular complexity index is 165. The lowest BCUT2D eigenvalue weighted by Gasteiger charge is -1.98. The van der Waals surface area contributed by atoms with E-state index in [2.05, 4.69) is 4.74 Å². The van der Waals surface area contributed by atoms with Gasteiger partial charge in [-0.2, -0.15) is 0 Å². The van der Waals surface area contributed by atoms with Gasteiger partial charge in [0.1, 0.15) is 9.87 Å². The van der Waals surface area contributed by atoms with Crippen LogP contribution in [0.4, 0.5) is 0 Å². The minimum atomic E-state index is -0.785. The molecule has 0 bridgehead atoms. The van der Waals surface area contributed by atoms with Gasteiger partial charge in [-0.15, -0.1) is 23.2 Å². The summed E-state index contributed by atoms with van der Waals surface area (Å²) in [6.07, 6.45) is 1.20. The summed E-state index contributed by atoms with van der Waals surface area (Å²) in [5, 5.41) is -0.0955. The molecule has 0 amide bonds. The maximum absolute atomic E-state index is 10.7. The van der Waals surface area contributed by atoms with Crippen LogP contribution >= 0.6 is 34.8 Å². The summed E-state index contributed by atoms with van der Waals surface area (Å²) in [5.74, 6) is -0.611. The van der Waals surface area contributed by atoms with E-state index >= 15 is 0 Å². The quantitative estimate of drug-likeness (QED) is 0.412. The van der Waals surface area contributed by atoms with Crippen molar-refractivity contribution < 1.29 is 9.53 Å². The van der Waals surface area contributed by atoms with Gasteiger partial charge < -0.3 is 4.74 Å². The second-order valence-electron chi connectivity index (χ2n) is 1.57. The van der Waals surface area contributed by atoms with Crippen LogP contribution in [0.1, 0.15) is 6.92 Å². The number of hydrogen-bond donors (Lipinski definition) is 0. The van der Waals surface area contributed by atoms with Crippen molar-refractivity contribution >= 4 is 40.8 Å². The number of alkyl halides is 2. The van der Waals surface area contributed by atoms with Crippen LogP contribution in [0.25, 0.3) is 0 Å². The number of hydrogen-bond acceptors (Lipinski definition) is 2. The van der Waals surface area contributed by atoms with Crippen LogP contribution in [0.5, 0.6) is 0 Å². The van der Waals surface area contributed by atoms with Crippen molar-refractivity contribution in [1.82, 2.24) is 0 Å². The third kappa shape index (κ3) is 5.36. The van der Waals surface area contributed by atoms with E-state index < -0.39 is 10.8 Å². The van der Waals surface area contributed by atoms with E-state index in [1.807, 2.05) is 0 Å². The molecule has 0 aliphatic carbocycles. The molecule has 0 aromatic rings. The molecule has 0 aliphatic heterocycles. The van der Waals surface area contributed by atoms with Crippen molar-refractivity contribution in [3.8, 4) is 0 Å². The Labute approximate surface area is 80.1 Å². The molecule has 0 aromatic heterocycles. The Morgan fingerprint density at radius 1 is 1.64 bits per heavy atom. The normalized spacial score (nSPS) is 11.9. The second-order valence-corrected chi connectivity index (χ2v) is 3.14. The van der Waals surface area contributed by atoms with Crippen LogP contribution in [0.3, 0.4) is 0 Å². The highest BCUT2D eigenvalue weighted by Crippen LogP contribution is 2.11. The fraction of sp³-hybridized carbons (Fsp3) is 0.500. The lowest BCUT2D eigenvalue weighted by Crippen LogP contribution is -2.04. The SMILES string of the molecule is CCOC(=O)/C(Cl)=C\C(Cl)Cl. The highest BCUT2D eigenvalue weighted by molar-refractivity contribution is 6.48. The summed E-state index contributed by atoms with van der Waals surface area (Å²) >= 11 is 16.1. The van der Waals surface area contributed by atoms with Gasteiger partial charge >= 0.3 is 5.97 Å². The average Bonchev–Trinajstić information content (AvgIpc) is 1.86. The van der Waals surface area contributed by atoms with E-state index in [-0.39, 0.29) is 11.6 Å². The molecule has 0 saturated heterocycles. The largest absolute Gasteiger partial charge is 0.462 e. The summed E-state index contributed by atoms with van der Waals surface area (Å²) in [7, 11) is 0. The molecule has 0 aliphatic rings. The zero-order chi connectivity index (χ0) is 8.85. The van der Waals surface area contributed by atoms with Gasteiger partial charge in [-0.1, -0.05) is 11.6 Å². The molecule has 64 valence electrons. The van der Waals surface area contributed by atoms with Gasteiger partial charge in [0.15, 0.2) is 0 Å². The summed E-state index contributed by atoms with van der Waals surface area (Å²) in [6, 6.07) is 0. The highest BCUT2D eigenvalue weighted by atomic mass is 35.5. The Morgan fingerprint density at radius 2 is 2.18 bits per heavy atom. The molecule has 0 N–H and O–H groups in total. The van der Waals surface area contributed by atoms with E-state index in [0.29, 0.717) is 0 Å². The predicted octanol–water partition coefficient (Wildman–Crippen LogP) is 2.48. The molecule has 0 fully saturated rings. The van der Waals surface area contributed by atoms with Crippen molar-refractivity contribution in [3.05, 3.63) is 11.1 Å². The number of ether oxygens (including phenoxy) is 1. The van der Waals surface area contributed by atoms with Gasteiger partial charge in [0.05, 0.1) is 6.61 Å². The number of rotatable bonds is 3. The van der Waals surface area contributed by atoms with Gasteiger partial charge in [-0.25, -0.2) is 4.79 Å². The van der Waals surface area contributed by atoms with Gasteiger partial charge in [0, 0.05) is 0 Å². The number of carbonyl (C=O) groups is 1. The second kappa shape index (κ2) is 5.70. The fourth-order valence-corrected chi connectivity index (χ4v) is 0.940. The average molecular weight is 217 g/mol. The summed E-state index contributed by atoms with van der Waals surface area (Å²) in [5.41, 5.74) is 0. The van der Waals surface area contributed by atoms with Gasteiger partial charge in [0.2, 0.25) is 0 Å². The molecule has 0 rings (SSSR count). The number of carbonyl (C=O) groups excluding carboxylic acids is 1. The molecule has 0 atom stereocenters. The smallest absolute Gasteiger partial charge is 0.349 e. The van der Waals surface area contributed by atoms with Gasteiger partial charge in [-0.05, 0) is 13.0 Å². The molecule has 5 heteroatoms. The van der Waals surface area contributed by atoms with Crippen molar-refractivity contribution in [2.75, 3.05) is 6.61 Å². The first-order valence-electron chi connectivity index (χ1n) is 2.90. The zero-order valence-electron chi connectivity index (χ0n) is 5.81. The summed E-state index contributed by atoms with van der Waals surface area (Å²) in [6.45, 7) is 1.96. The van der Waals surface area contributed by atoms with E-state index in [0.717, 1.165) is 0 Å². The number of esters is 1. The summed E-state index contributed by atoms with van der Waals surface area (Å²) < 4.78 is 4.55. The topological polar surface area (TPSA) is 26.3 Å². The Kier molecular flexibility index (Phi) is 5.74. The van der Waals surface area contributed by atoms with E-state index in [9.17, 15) is 4.79 Å². The lowest BCUT2D eigenvalue weighted by atomic mass is 10.5. The predicted molar refractivity (Wildman–Crippen MR) is 46.1 cm³/mol. The first kappa shape index (κ1) is 11.1. The lowest BCUT2D eigenvalue weighted by molar-refractivity contribution is -0.137. The molecule has 0 unspecified atom stereocenters. The Morgan fingerprint density at radius 3 is 2.55 bits per heavy atom. The van der Waals surface area contributed by atoms with Crippen molar-refractivity contribution in [1.29, 1.82) is 0 Å². The van der Waals surface area contributed by atoms with Gasteiger partial charge in [-0.3, -0.25) is 0 Å². The molecule has 0 saturated carbocycles. The van der Waals surface area contributed by atoms with Crippen molar-refractivity contribution in [3.63, 3.8) is 0 Å². The standard InChI is InChI=1S/C6H7Cl3O2/c1-2-11-6(10)4(7)3-5(8)9/h3,5H,2H2,1H3/b4-3+. The van der Waals surface area contributed by atoms with Crippen LogP contribution in [0.15, 0.2) is 11.1 Å².